The molecule has 0 saturated carbocycles. The van der Waals surface area contributed by atoms with Gasteiger partial charge in [-0.15, -0.1) is 0 Å². The molecule has 0 spiro atoms. The summed E-state index contributed by atoms with van der Waals surface area (Å²) in [6.45, 7) is 0.886. The number of benzene rings is 1. The normalized spacial score (nSPS) is 13.1. The molecule has 0 aliphatic carbocycles. The Morgan fingerprint density at radius 1 is 0.933 bits per heavy atom. The minimum atomic E-state index is 0.886. The van der Waals surface area contributed by atoms with Crippen LogP contribution in [0.3, 0.4) is 0 Å². The van der Waals surface area contributed by atoms with Crippen molar-refractivity contribution in [2.75, 3.05) is 6.61 Å². The van der Waals surface area contributed by atoms with Gasteiger partial charge in [0.2, 0.25) is 0 Å². The molecule has 1 aliphatic rings. The standard InChI is InChI=1S/C9H10O.C4H4O/c1-2-6-9-8(4-1)5-3-7-10-9;1-2-4-5-3-1/h1-2,4,6H,3,5,7H2;1-4H. The van der Waals surface area contributed by atoms with Crippen LogP contribution >= 0.6 is 0 Å². The molecule has 0 radical (unpaired) electrons. The fourth-order valence-corrected chi connectivity index (χ4v) is 1.52. The highest BCUT2D eigenvalue weighted by atomic mass is 16.5. The van der Waals surface area contributed by atoms with Gasteiger partial charge < -0.3 is 9.15 Å². The molecule has 0 bridgehead atoms. The smallest absolute Gasteiger partial charge is 0.122 e. The molecular formula is C13H14O2. The lowest BCUT2D eigenvalue weighted by atomic mass is 10.1. The Kier molecular flexibility index (Phi) is 3.44. The van der Waals surface area contributed by atoms with Crippen LogP contribution < -0.4 is 4.74 Å². The number of fused-ring (bicyclic) bond motifs is 1. The lowest BCUT2D eigenvalue weighted by Gasteiger charge is -2.15. The number of rotatable bonds is 0. The van der Waals surface area contributed by atoms with Gasteiger partial charge in [0, 0.05) is 0 Å². The molecule has 2 heteroatoms. The van der Waals surface area contributed by atoms with Gasteiger partial charge >= 0.3 is 0 Å². The molecule has 0 saturated heterocycles. The highest BCUT2D eigenvalue weighted by Gasteiger charge is 2.06. The van der Waals surface area contributed by atoms with Gasteiger partial charge in [-0.05, 0) is 36.6 Å². The van der Waals surface area contributed by atoms with Crippen molar-refractivity contribution in [3.8, 4) is 5.75 Å². The highest BCUT2D eigenvalue weighted by Crippen LogP contribution is 2.22. The van der Waals surface area contributed by atoms with Crippen molar-refractivity contribution in [1.82, 2.24) is 0 Å². The number of hydrogen-bond donors (Lipinski definition) is 0. The number of aryl methyl sites for hydroxylation is 1. The summed E-state index contributed by atoms with van der Waals surface area (Å²) in [6, 6.07) is 11.9. The predicted octanol–water partition coefficient (Wildman–Crippen LogP) is 3.29. The second-order valence-electron chi connectivity index (χ2n) is 3.35. The van der Waals surface area contributed by atoms with Gasteiger partial charge in [0.05, 0.1) is 19.1 Å². The lowest BCUT2D eigenvalue weighted by Crippen LogP contribution is -2.07. The maximum absolute atomic E-state index is 5.42. The van der Waals surface area contributed by atoms with E-state index in [4.69, 9.17) is 4.74 Å². The van der Waals surface area contributed by atoms with E-state index in [1.54, 1.807) is 12.5 Å². The zero-order valence-corrected chi connectivity index (χ0v) is 8.56. The van der Waals surface area contributed by atoms with Crippen molar-refractivity contribution in [1.29, 1.82) is 0 Å². The second-order valence-corrected chi connectivity index (χ2v) is 3.35. The maximum Gasteiger partial charge on any atom is 0.122 e. The highest BCUT2D eigenvalue weighted by molar-refractivity contribution is 5.34. The minimum Gasteiger partial charge on any atom is -0.493 e. The quantitative estimate of drug-likeness (QED) is 0.654. The summed E-state index contributed by atoms with van der Waals surface area (Å²) in [4.78, 5) is 0. The molecule has 0 N–H and O–H groups in total. The van der Waals surface area contributed by atoms with Crippen molar-refractivity contribution >= 4 is 0 Å². The second kappa shape index (κ2) is 5.25. The third-order valence-electron chi connectivity index (χ3n) is 2.25. The summed E-state index contributed by atoms with van der Waals surface area (Å²) in [7, 11) is 0. The van der Waals surface area contributed by atoms with E-state index in [-0.39, 0.29) is 0 Å². The van der Waals surface area contributed by atoms with Crippen LogP contribution in [0.5, 0.6) is 5.75 Å². The first-order valence-corrected chi connectivity index (χ1v) is 5.15. The first kappa shape index (κ1) is 9.84. The van der Waals surface area contributed by atoms with Gasteiger partial charge in [0.1, 0.15) is 5.75 Å². The van der Waals surface area contributed by atoms with E-state index in [1.807, 2.05) is 24.3 Å². The fourth-order valence-electron chi connectivity index (χ4n) is 1.52. The monoisotopic (exact) mass is 202 g/mol. The molecule has 0 amide bonds. The third kappa shape index (κ3) is 2.88. The topological polar surface area (TPSA) is 22.4 Å². The van der Waals surface area contributed by atoms with E-state index < -0.39 is 0 Å². The van der Waals surface area contributed by atoms with Crippen LogP contribution in [0.4, 0.5) is 0 Å². The van der Waals surface area contributed by atoms with Crippen molar-refractivity contribution in [2.24, 2.45) is 0 Å². The van der Waals surface area contributed by atoms with E-state index in [2.05, 4.69) is 16.5 Å². The van der Waals surface area contributed by atoms with Crippen LogP contribution in [0.15, 0.2) is 53.3 Å². The molecule has 0 unspecified atom stereocenters. The first-order valence-electron chi connectivity index (χ1n) is 5.15. The van der Waals surface area contributed by atoms with Crippen molar-refractivity contribution < 1.29 is 9.15 Å². The average molecular weight is 202 g/mol. The van der Waals surface area contributed by atoms with Crippen molar-refractivity contribution in [2.45, 2.75) is 12.8 Å². The molecule has 15 heavy (non-hydrogen) atoms. The van der Waals surface area contributed by atoms with Gasteiger partial charge in [-0.1, -0.05) is 18.2 Å². The van der Waals surface area contributed by atoms with Gasteiger partial charge in [-0.2, -0.15) is 0 Å². The Morgan fingerprint density at radius 3 is 2.40 bits per heavy atom. The van der Waals surface area contributed by atoms with E-state index >= 15 is 0 Å². The molecule has 3 rings (SSSR count). The Morgan fingerprint density at radius 2 is 1.73 bits per heavy atom. The third-order valence-corrected chi connectivity index (χ3v) is 2.25. The van der Waals surface area contributed by atoms with Crippen LogP contribution in [0.2, 0.25) is 0 Å². The molecular weight excluding hydrogens is 188 g/mol. The summed E-state index contributed by atoms with van der Waals surface area (Å²) < 4.78 is 10.0. The van der Waals surface area contributed by atoms with Gasteiger partial charge in [0.15, 0.2) is 0 Å². The van der Waals surface area contributed by atoms with E-state index in [0.29, 0.717) is 0 Å². The molecule has 1 aromatic heterocycles. The van der Waals surface area contributed by atoms with Crippen LogP contribution in [0.25, 0.3) is 0 Å². The first-order chi connectivity index (χ1) is 7.47. The number of ether oxygens (including phenoxy) is 1. The zero-order chi connectivity index (χ0) is 10.3. The van der Waals surface area contributed by atoms with Crippen LogP contribution in [-0.4, -0.2) is 6.61 Å². The van der Waals surface area contributed by atoms with E-state index in [9.17, 15) is 0 Å². The largest absolute Gasteiger partial charge is 0.493 e. The number of para-hydroxylation sites is 1. The summed E-state index contributed by atoms with van der Waals surface area (Å²) in [6.07, 6.45) is 5.59. The molecule has 2 heterocycles. The van der Waals surface area contributed by atoms with Crippen LogP contribution in [-0.2, 0) is 6.42 Å². The fraction of sp³-hybridized carbons (Fsp3) is 0.231. The molecule has 1 aromatic carbocycles. The van der Waals surface area contributed by atoms with Gasteiger partial charge in [0.25, 0.3) is 0 Å². The van der Waals surface area contributed by atoms with Crippen LogP contribution in [0, 0.1) is 0 Å². The average Bonchev–Trinajstić information content (AvgIpc) is 2.88. The maximum atomic E-state index is 5.42. The lowest BCUT2D eigenvalue weighted by molar-refractivity contribution is 0.288. The Hall–Kier alpha value is -1.70. The van der Waals surface area contributed by atoms with Crippen LogP contribution in [0.1, 0.15) is 12.0 Å². The minimum absolute atomic E-state index is 0.886. The summed E-state index contributed by atoms with van der Waals surface area (Å²) in [5.41, 5.74) is 1.36. The Bertz CT molecular complexity index is 337. The Balaban J connectivity index is 0.000000144. The summed E-state index contributed by atoms with van der Waals surface area (Å²) in [5.74, 6) is 1.08. The van der Waals surface area contributed by atoms with Gasteiger partial charge in [-0.25, -0.2) is 0 Å². The molecule has 0 atom stereocenters. The van der Waals surface area contributed by atoms with E-state index in [1.165, 1.54) is 12.0 Å². The van der Waals surface area contributed by atoms with Crippen molar-refractivity contribution in [3.05, 3.63) is 54.5 Å². The molecule has 2 nitrogen and oxygen atoms in total. The summed E-state index contributed by atoms with van der Waals surface area (Å²) >= 11 is 0. The molecule has 1 aliphatic heterocycles. The van der Waals surface area contributed by atoms with Crippen molar-refractivity contribution in [3.63, 3.8) is 0 Å². The van der Waals surface area contributed by atoms with E-state index in [0.717, 1.165) is 18.8 Å². The number of furan rings is 1. The predicted molar refractivity (Wildman–Crippen MR) is 59.0 cm³/mol. The number of hydrogen-bond acceptors (Lipinski definition) is 2. The summed E-state index contributed by atoms with van der Waals surface area (Å²) in [5, 5.41) is 0. The molecule has 2 aromatic rings. The Labute approximate surface area is 89.5 Å². The zero-order valence-electron chi connectivity index (χ0n) is 8.56. The molecule has 78 valence electrons. The van der Waals surface area contributed by atoms with Gasteiger partial charge in [-0.3, -0.25) is 0 Å². The molecule has 0 fully saturated rings. The SMILES string of the molecule is c1ccc2c(c1)CCCO2.c1ccoc1.